The van der Waals surface area contributed by atoms with E-state index in [1.807, 2.05) is 23.1 Å². The van der Waals surface area contributed by atoms with E-state index in [9.17, 15) is 4.79 Å². The molecule has 2 aliphatic rings. The SMILES string of the molecule is O=C(C1CCC1)N1CCc2[nH]cnc2C1c1ccccc1. The third-order valence-electron chi connectivity index (χ3n) is 4.78. The second-order valence-corrected chi connectivity index (χ2v) is 5.99. The predicted octanol–water partition coefficient (Wildman–Crippen LogP) is 2.68. The Morgan fingerprint density at radius 1 is 1.24 bits per heavy atom. The molecule has 108 valence electrons. The fourth-order valence-corrected chi connectivity index (χ4v) is 3.38. The Kier molecular flexibility index (Phi) is 3.02. The molecule has 1 aliphatic carbocycles. The van der Waals surface area contributed by atoms with E-state index in [-0.39, 0.29) is 12.0 Å². The molecule has 1 N–H and O–H groups in total. The van der Waals surface area contributed by atoms with E-state index in [2.05, 4.69) is 22.1 Å². The molecule has 1 fully saturated rings. The molecule has 0 spiro atoms. The normalized spacial score (nSPS) is 21.7. The molecule has 0 bridgehead atoms. The molecule has 1 atom stereocenters. The van der Waals surface area contributed by atoms with Crippen molar-refractivity contribution >= 4 is 5.91 Å². The first-order chi connectivity index (χ1) is 10.3. The Bertz CT molecular complexity index is 645. The predicted molar refractivity (Wildman–Crippen MR) is 79.6 cm³/mol. The van der Waals surface area contributed by atoms with Crippen molar-refractivity contribution in [2.24, 2.45) is 5.92 Å². The van der Waals surface area contributed by atoms with Gasteiger partial charge in [-0.1, -0.05) is 36.8 Å². The highest BCUT2D eigenvalue weighted by molar-refractivity contribution is 5.80. The van der Waals surface area contributed by atoms with Gasteiger partial charge >= 0.3 is 0 Å². The number of hydrogen-bond donors (Lipinski definition) is 1. The van der Waals surface area contributed by atoms with Crippen LogP contribution in [0.25, 0.3) is 0 Å². The zero-order valence-electron chi connectivity index (χ0n) is 12.0. The van der Waals surface area contributed by atoms with Gasteiger partial charge in [0.05, 0.1) is 12.0 Å². The number of H-pyrrole nitrogens is 1. The minimum absolute atomic E-state index is 0.0331. The Labute approximate surface area is 124 Å². The van der Waals surface area contributed by atoms with Crippen molar-refractivity contribution in [2.45, 2.75) is 31.7 Å². The molecular weight excluding hydrogens is 262 g/mol. The molecule has 0 radical (unpaired) electrons. The number of hydrogen-bond acceptors (Lipinski definition) is 2. The molecule has 4 heteroatoms. The molecule has 0 saturated heterocycles. The van der Waals surface area contributed by atoms with E-state index < -0.39 is 0 Å². The maximum Gasteiger partial charge on any atom is 0.226 e. The number of nitrogens with zero attached hydrogens (tertiary/aromatic N) is 2. The Morgan fingerprint density at radius 2 is 2.05 bits per heavy atom. The molecule has 2 aromatic rings. The number of benzene rings is 1. The van der Waals surface area contributed by atoms with Gasteiger partial charge in [0.2, 0.25) is 5.91 Å². The highest BCUT2D eigenvalue weighted by Crippen LogP contribution is 2.37. The van der Waals surface area contributed by atoms with Crippen molar-refractivity contribution in [2.75, 3.05) is 6.54 Å². The summed E-state index contributed by atoms with van der Waals surface area (Å²) in [6.45, 7) is 0.782. The van der Waals surface area contributed by atoms with Crippen molar-refractivity contribution in [3.63, 3.8) is 0 Å². The van der Waals surface area contributed by atoms with Gasteiger partial charge in [0, 0.05) is 24.6 Å². The van der Waals surface area contributed by atoms with Crippen LogP contribution in [-0.4, -0.2) is 27.3 Å². The van der Waals surface area contributed by atoms with Crippen LogP contribution in [0.1, 0.15) is 42.3 Å². The molecule has 21 heavy (non-hydrogen) atoms. The highest BCUT2D eigenvalue weighted by atomic mass is 16.2. The summed E-state index contributed by atoms with van der Waals surface area (Å²) in [7, 11) is 0. The molecule has 4 nitrogen and oxygen atoms in total. The summed E-state index contributed by atoms with van der Waals surface area (Å²) in [4.78, 5) is 22.6. The highest BCUT2D eigenvalue weighted by Gasteiger charge is 2.38. The topological polar surface area (TPSA) is 49.0 Å². The Hall–Kier alpha value is -2.10. The molecule has 1 amide bonds. The maximum atomic E-state index is 12.8. The van der Waals surface area contributed by atoms with Crippen molar-refractivity contribution in [1.82, 2.24) is 14.9 Å². The van der Waals surface area contributed by atoms with Crippen LogP contribution in [-0.2, 0) is 11.2 Å². The van der Waals surface area contributed by atoms with Gasteiger partial charge in [0.1, 0.15) is 6.04 Å². The van der Waals surface area contributed by atoms with Crippen LogP contribution in [0.2, 0.25) is 0 Å². The fourth-order valence-electron chi connectivity index (χ4n) is 3.38. The third-order valence-corrected chi connectivity index (χ3v) is 4.78. The first kappa shape index (κ1) is 12.6. The smallest absolute Gasteiger partial charge is 0.226 e. The van der Waals surface area contributed by atoms with Crippen LogP contribution >= 0.6 is 0 Å². The van der Waals surface area contributed by atoms with E-state index in [4.69, 9.17) is 0 Å². The average molecular weight is 281 g/mol. The lowest BCUT2D eigenvalue weighted by atomic mass is 9.83. The minimum atomic E-state index is -0.0331. The van der Waals surface area contributed by atoms with Crippen LogP contribution in [0.3, 0.4) is 0 Å². The second kappa shape index (κ2) is 5.02. The lowest BCUT2D eigenvalue weighted by Crippen LogP contribution is -2.45. The number of amides is 1. The molecule has 2 heterocycles. The molecule has 1 unspecified atom stereocenters. The first-order valence-electron chi connectivity index (χ1n) is 7.72. The van der Waals surface area contributed by atoms with Crippen molar-refractivity contribution in [3.05, 3.63) is 53.6 Å². The molecular formula is C17H19N3O. The van der Waals surface area contributed by atoms with Gasteiger partial charge in [0.15, 0.2) is 0 Å². The van der Waals surface area contributed by atoms with E-state index >= 15 is 0 Å². The largest absolute Gasteiger partial charge is 0.348 e. The number of aromatic amines is 1. The number of carbonyl (C=O) groups is 1. The van der Waals surface area contributed by atoms with Crippen molar-refractivity contribution in [3.8, 4) is 0 Å². The molecule has 4 rings (SSSR count). The van der Waals surface area contributed by atoms with E-state index in [0.29, 0.717) is 5.91 Å². The summed E-state index contributed by atoms with van der Waals surface area (Å²) in [6, 6.07) is 10.2. The summed E-state index contributed by atoms with van der Waals surface area (Å²) >= 11 is 0. The van der Waals surface area contributed by atoms with Crippen LogP contribution < -0.4 is 0 Å². The number of aromatic nitrogens is 2. The van der Waals surface area contributed by atoms with Crippen LogP contribution in [0.15, 0.2) is 36.7 Å². The fraction of sp³-hybridized carbons (Fsp3) is 0.412. The lowest BCUT2D eigenvalue weighted by Gasteiger charge is -2.39. The van der Waals surface area contributed by atoms with Gasteiger partial charge < -0.3 is 9.88 Å². The van der Waals surface area contributed by atoms with Gasteiger partial charge in [-0.2, -0.15) is 0 Å². The maximum absolute atomic E-state index is 12.8. The monoisotopic (exact) mass is 281 g/mol. The number of imidazole rings is 1. The average Bonchev–Trinajstić information content (AvgIpc) is 2.93. The zero-order chi connectivity index (χ0) is 14.2. The number of nitrogens with one attached hydrogen (secondary N) is 1. The number of rotatable bonds is 2. The van der Waals surface area contributed by atoms with E-state index in [1.54, 1.807) is 6.33 Å². The van der Waals surface area contributed by atoms with E-state index in [0.717, 1.165) is 37.1 Å². The lowest BCUT2D eigenvalue weighted by molar-refractivity contribution is -0.140. The molecule has 1 aromatic heterocycles. The second-order valence-electron chi connectivity index (χ2n) is 5.99. The summed E-state index contributed by atoms with van der Waals surface area (Å²) in [5.74, 6) is 0.542. The Balaban J connectivity index is 1.74. The van der Waals surface area contributed by atoms with Crippen LogP contribution in [0, 0.1) is 5.92 Å². The summed E-state index contributed by atoms with van der Waals surface area (Å²) in [5.41, 5.74) is 3.33. The van der Waals surface area contributed by atoms with Gasteiger partial charge in [-0.25, -0.2) is 4.98 Å². The van der Waals surface area contributed by atoms with Gasteiger partial charge in [-0.05, 0) is 18.4 Å². The molecule has 1 saturated carbocycles. The summed E-state index contributed by atoms with van der Waals surface area (Å²) < 4.78 is 0. The van der Waals surface area contributed by atoms with Gasteiger partial charge in [-0.15, -0.1) is 0 Å². The standard InChI is InChI=1S/C17H19N3O/c21-17(13-7-4-8-13)20-10-9-14-15(19-11-18-14)16(20)12-5-2-1-3-6-12/h1-3,5-6,11,13,16H,4,7-10H2,(H,18,19). The van der Waals surface area contributed by atoms with Gasteiger partial charge in [0.25, 0.3) is 0 Å². The Morgan fingerprint density at radius 3 is 2.76 bits per heavy atom. The van der Waals surface area contributed by atoms with Gasteiger partial charge in [-0.3, -0.25) is 4.79 Å². The van der Waals surface area contributed by atoms with Crippen molar-refractivity contribution in [1.29, 1.82) is 0 Å². The number of fused-ring (bicyclic) bond motifs is 1. The van der Waals surface area contributed by atoms with Crippen LogP contribution in [0.5, 0.6) is 0 Å². The first-order valence-corrected chi connectivity index (χ1v) is 7.72. The molecule has 1 aromatic carbocycles. The van der Waals surface area contributed by atoms with E-state index in [1.165, 1.54) is 12.1 Å². The van der Waals surface area contributed by atoms with Crippen LogP contribution in [0.4, 0.5) is 0 Å². The quantitative estimate of drug-likeness (QED) is 0.920. The number of carbonyl (C=O) groups excluding carboxylic acids is 1. The zero-order valence-corrected chi connectivity index (χ0v) is 12.0. The summed E-state index contributed by atoms with van der Waals surface area (Å²) in [5, 5.41) is 0. The molecule has 1 aliphatic heterocycles. The summed E-state index contributed by atoms with van der Waals surface area (Å²) in [6.07, 6.45) is 5.90. The minimum Gasteiger partial charge on any atom is -0.348 e. The van der Waals surface area contributed by atoms with Crippen molar-refractivity contribution < 1.29 is 4.79 Å². The third kappa shape index (κ3) is 2.06.